The Morgan fingerprint density at radius 2 is 1.95 bits per heavy atom. The van der Waals surface area contributed by atoms with E-state index in [1.54, 1.807) is 11.3 Å². The average molecular weight is 304 g/mol. The molecule has 0 aliphatic rings. The zero-order valence-corrected chi connectivity index (χ0v) is 12.7. The second-order valence-electron chi connectivity index (χ2n) is 4.47. The topological polar surface area (TPSA) is 30.7 Å². The Bertz CT molecular complexity index is 703. The van der Waals surface area contributed by atoms with Crippen molar-refractivity contribution in [2.24, 2.45) is 0 Å². The SMILES string of the molecule is CCc1ccsc1Cn1c(Cl)nnc1-c1ccccc1. The highest BCUT2D eigenvalue weighted by atomic mass is 35.5. The van der Waals surface area contributed by atoms with Gasteiger partial charge in [0.25, 0.3) is 0 Å². The van der Waals surface area contributed by atoms with E-state index in [-0.39, 0.29) is 0 Å². The van der Waals surface area contributed by atoms with Crippen LogP contribution in [0.15, 0.2) is 41.8 Å². The number of rotatable bonds is 4. The third-order valence-electron chi connectivity index (χ3n) is 3.26. The molecule has 0 aliphatic carbocycles. The fourth-order valence-corrected chi connectivity index (χ4v) is 3.33. The predicted molar refractivity (Wildman–Crippen MR) is 83.3 cm³/mol. The molecule has 20 heavy (non-hydrogen) atoms. The first-order valence-electron chi connectivity index (χ1n) is 6.49. The minimum absolute atomic E-state index is 0.430. The Morgan fingerprint density at radius 3 is 2.70 bits per heavy atom. The van der Waals surface area contributed by atoms with Gasteiger partial charge in [0.15, 0.2) is 5.82 Å². The lowest BCUT2D eigenvalue weighted by Crippen LogP contribution is -2.02. The summed E-state index contributed by atoms with van der Waals surface area (Å²) in [6.45, 7) is 2.88. The molecule has 0 amide bonds. The third-order valence-corrected chi connectivity index (χ3v) is 4.49. The normalized spacial score (nSPS) is 10.9. The zero-order valence-electron chi connectivity index (χ0n) is 11.1. The molecule has 2 aromatic heterocycles. The summed E-state index contributed by atoms with van der Waals surface area (Å²) < 4.78 is 1.96. The first-order valence-corrected chi connectivity index (χ1v) is 7.74. The Balaban J connectivity index is 2.00. The van der Waals surface area contributed by atoms with Crippen LogP contribution >= 0.6 is 22.9 Å². The molecule has 102 valence electrons. The molecule has 3 rings (SSSR count). The van der Waals surface area contributed by atoms with Crippen LogP contribution in [0.25, 0.3) is 11.4 Å². The van der Waals surface area contributed by atoms with Crippen molar-refractivity contribution in [2.75, 3.05) is 0 Å². The number of thiophene rings is 1. The molecule has 0 radical (unpaired) electrons. The second kappa shape index (κ2) is 5.77. The molecule has 0 aliphatic heterocycles. The molecular weight excluding hydrogens is 290 g/mol. The van der Waals surface area contributed by atoms with Crippen LogP contribution in [0, 0.1) is 0 Å². The van der Waals surface area contributed by atoms with Crippen molar-refractivity contribution in [1.82, 2.24) is 14.8 Å². The van der Waals surface area contributed by atoms with Gasteiger partial charge in [0.1, 0.15) is 0 Å². The van der Waals surface area contributed by atoms with Crippen LogP contribution in [-0.2, 0) is 13.0 Å². The number of hydrogen-bond donors (Lipinski definition) is 0. The molecule has 3 aromatic rings. The third kappa shape index (κ3) is 2.49. The Morgan fingerprint density at radius 1 is 1.15 bits per heavy atom. The van der Waals surface area contributed by atoms with Gasteiger partial charge in [-0.25, -0.2) is 0 Å². The molecule has 0 saturated heterocycles. The maximum absolute atomic E-state index is 6.20. The van der Waals surface area contributed by atoms with Crippen molar-refractivity contribution in [2.45, 2.75) is 19.9 Å². The van der Waals surface area contributed by atoms with Gasteiger partial charge in [-0.15, -0.1) is 21.5 Å². The van der Waals surface area contributed by atoms with Crippen LogP contribution in [-0.4, -0.2) is 14.8 Å². The van der Waals surface area contributed by atoms with Crippen molar-refractivity contribution in [3.63, 3.8) is 0 Å². The lowest BCUT2D eigenvalue weighted by Gasteiger charge is -2.08. The van der Waals surface area contributed by atoms with Gasteiger partial charge in [-0.1, -0.05) is 37.3 Å². The summed E-state index contributed by atoms with van der Waals surface area (Å²) in [5.74, 6) is 0.811. The molecule has 0 spiro atoms. The maximum Gasteiger partial charge on any atom is 0.225 e. The molecular formula is C15H14ClN3S. The van der Waals surface area contributed by atoms with Crippen LogP contribution in [0.4, 0.5) is 0 Å². The largest absolute Gasteiger partial charge is 0.292 e. The molecule has 3 nitrogen and oxygen atoms in total. The van der Waals surface area contributed by atoms with Gasteiger partial charge < -0.3 is 0 Å². The standard InChI is InChI=1S/C15H14ClN3S/c1-2-11-8-9-20-13(11)10-19-14(17-18-15(19)16)12-6-4-3-5-7-12/h3-9H,2,10H2,1H3. The number of benzene rings is 1. The summed E-state index contributed by atoms with van der Waals surface area (Å²) in [7, 11) is 0. The summed E-state index contributed by atoms with van der Waals surface area (Å²) in [5, 5.41) is 10.8. The Labute approximate surface area is 126 Å². The molecule has 0 N–H and O–H groups in total. The molecule has 0 atom stereocenters. The van der Waals surface area contributed by atoms with E-state index in [2.05, 4.69) is 28.6 Å². The highest BCUT2D eigenvalue weighted by molar-refractivity contribution is 7.10. The number of hydrogen-bond acceptors (Lipinski definition) is 3. The van der Waals surface area contributed by atoms with Gasteiger partial charge in [0.2, 0.25) is 5.28 Å². The van der Waals surface area contributed by atoms with Gasteiger partial charge in [-0.3, -0.25) is 4.57 Å². The van der Waals surface area contributed by atoms with E-state index < -0.39 is 0 Å². The van der Waals surface area contributed by atoms with E-state index in [0.29, 0.717) is 5.28 Å². The molecule has 0 bridgehead atoms. The number of aryl methyl sites for hydroxylation is 1. The monoisotopic (exact) mass is 303 g/mol. The summed E-state index contributed by atoms with van der Waals surface area (Å²) in [4.78, 5) is 1.31. The van der Waals surface area contributed by atoms with Crippen molar-refractivity contribution < 1.29 is 0 Å². The zero-order chi connectivity index (χ0) is 13.9. The number of nitrogens with zero attached hydrogens (tertiary/aromatic N) is 3. The van der Waals surface area contributed by atoms with E-state index in [1.807, 2.05) is 34.9 Å². The summed E-state index contributed by atoms with van der Waals surface area (Å²) in [5.41, 5.74) is 2.39. The Kier molecular flexibility index (Phi) is 3.85. The van der Waals surface area contributed by atoms with Gasteiger partial charge in [0.05, 0.1) is 6.54 Å². The van der Waals surface area contributed by atoms with Gasteiger partial charge in [0, 0.05) is 10.4 Å². The van der Waals surface area contributed by atoms with Crippen molar-refractivity contribution in [3.05, 3.63) is 57.5 Å². The van der Waals surface area contributed by atoms with Gasteiger partial charge in [-0.05, 0) is 35.0 Å². The summed E-state index contributed by atoms with van der Waals surface area (Å²) in [6, 6.07) is 12.2. The quantitative estimate of drug-likeness (QED) is 0.720. The molecule has 0 fully saturated rings. The second-order valence-corrected chi connectivity index (χ2v) is 5.81. The maximum atomic E-state index is 6.20. The van der Waals surface area contributed by atoms with Crippen LogP contribution in [0.5, 0.6) is 0 Å². The van der Waals surface area contributed by atoms with Crippen LogP contribution in [0.2, 0.25) is 5.28 Å². The summed E-state index contributed by atoms with van der Waals surface area (Å²) in [6.07, 6.45) is 1.03. The fraction of sp³-hybridized carbons (Fsp3) is 0.200. The first kappa shape index (κ1) is 13.3. The number of aromatic nitrogens is 3. The van der Waals surface area contributed by atoms with Crippen molar-refractivity contribution in [3.8, 4) is 11.4 Å². The van der Waals surface area contributed by atoms with E-state index in [0.717, 1.165) is 24.4 Å². The Hall–Kier alpha value is -1.65. The molecule has 5 heteroatoms. The van der Waals surface area contributed by atoms with Crippen LogP contribution in [0.3, 0.4) is 0 Å². The minimum Gasteiger partial charge on any atom is -0.292 e. The number of halogens is 1. The smallest absolute Gasteiger partial charge is 0.225 e. The van der Waals surface area contributed by atoms with E-state index in [4.69, 9.17) is 11.6 Å². The predicted octanol–water partition coefficient (Wildman–Crippen LogP) is 4.27. The van der Waals surface area contributed by atoms with Crippen molar-refractivity contribution in [1.29, 1.82) is 0 Å². The highest BCUT2D eigenvalue weighted by Crippen LogP contribution is 2.25. The lowest BCUT2D eigenvalue weighted by atomic mass is 10.2. The van der Waals surface area contributed by atoms with E-state index >= 15 is 0 Å². The summed E-state index contributed by atoms with van der Waals surface area (Å²) >= 11 is 7.95. The van der Waals surface area contributed by atoms with Crippen molar-refractivity contribution >= 4 is 22.9 Å². The van der Waals surface area contributed by atoms with Crippen LogP contribution < -0.4 is 0 Å². The first-order chi connectivity index (χ1) is 9.79. The minimum atomic E-state index is 0.430. The molecule has 0 saturated carbocycles. The molecule has 2 heterocycles. The average Bonchev–Trinajstić information content (AvgIpc) is 3.08. The van der Waals surface area contributed by atoms with Crippen LogP contribution in [0.1, 0.15) is 17.4 Å². The van der Waals surface area contributed by atoms with E-state index in [1.165, 1.54) is 10.4 Å². The lowest BCUT2D eigenvalue weighted by molar-refractivity contribution is 0.807. The van der Waals surface area contributed by atoms with Gasteiger partial charge >= 0.3 is 0 Å². The van der Waals surface area contributed by atoms with E-state index in [9.17, 15) is 0 Å². The molecule has 0 unspecified atom stereocenters. The van der Waals surface area contributed by atoms with Gasteiger partial charge in [-0.2, -0.15) is 0 Å². The molecule has 1 aromatic carbocycles. The fourth-order valence-electron chi connectivity index (χ4n) is 2.19. The highest BCUT2D eigenvalue weighted by Gasteiger charge is 2.14.